The highest BCUT2D eigenvalue weighted by Crippen LogP contribution is 2.35. The average Bonchev–Trinajstić information content (AvgIpc) is 3.19. The van der Waals surface area contributed by atoms with Crippen LogP contribution in [0.4, 0.5) is 5.82 Å². The van der Waals surface area contributed by atoms with Gasteiger partial charge in [0, 0.05) is 12.1 Å². The molecule has 1 fully saturated rings. The van der Waals surface area contributed by atoms with E-state index in [4.69, 9.17) is 26.0 Å². The largest absolute Gasteiger partial charge is 0.496 e. The van der Waals surface area contributed by atoms with Crippen LogP contribution in [0.2, 0.25) is 0 Å². The van der Waals surface area contributed by atoms with Crippen LogP contribution in [0.3, 0.4) is 0 Å². The molecule has 1 aliphatic heterocycles. The summed E-state index contributed by atoms with van der Waals surface area (Å²) >= 11 is 0. The van der Waals surface area contributed by atoms with Gasteiger partial charge in [-0.15, -0.1) is 0 Å². The van der Waals surface area contributed by atoms with Crippen LogP contribution in [0, 0.1) is 0 Å². The van der Waals surface area contributed by atoms with E-state index in [0.29, 0.717) is 23.6 Å². The fourth-order valence-electron chi connectivity index (χ4n) is 4.63. The van der Waals surface area contributed by atoms with Crippen molar-refractivity contribution in [3.8, 4) is 17.0 Å². The summed E-state index contributed by atoms with van der Waals surface area (Å²) in [6.07, 6.45) is 1.63. The van der Waals surface area contributed by atoms with Gasteiger partial charge in [0.1, 0.15) is 22.8 Å². The highest BCUT2D eigenvalue weighted by Gasteiger charge is 2.31. The predicted octanol–water partition coefficient (Wildman–Crippen LogP) is 3.30. The van der Waals surface area contributed by atoms with E-state index in [2.05, 4.69) is 5.32 Å². The maximum absolute atomic E-state index is 12.6. The number of para-hydroxylation sites is 1. The van der Waals surface area contributed by atoms with Crippen LogP contribution >= 0.6 is 0 Å². The third kappa shape index (κ3) is 5.14. The number of hydrogen-bond donors (Lipinski definition) is 3. The predicted molar refractivity (Wildman–Crippen MR) is 133 cm³/mol. The van der Waals surface area contributed by atoms with E-state index in [9.17, 15) is 9.59 Å². The number of aromatic nitrogens is 2. The molecule has 0 saturated carbocycles. The number of nitrogens with zero attached hydrogens (tertiary/aromatic N) is 2. The van der Waals surface area contributed by atoms with E-state index in [1.54, 1.807) is 22.9 Å². The molecule has 2 heterocycles. The molecule has 4 rings (SSSR count). The van der Waals surface area contributed by atoms with Gasteiger partial charge in [-0.1, -0.05) is 36.4 Å². The number of rotatable bonds is 7. The van der Waals surface area contributed by atoms with Gasteiger partial charge in [0.15, 0.2) is 0 Å². The Labute approximate surface area is 204 Å². The Balaban J connectivity index is 1.53. The maximum Gasteiger partial charge on any atom is 0.255 e. The Bertz CT molecular complexity index is 1210. The van der Waals surface area contributed by atoms with Crippen LogP contribution < -0.4 is 21.5 Å². The average molecular weight is 478 g/mol. The molecule has 9 nitrogen and oxygen atoms in total. The number of amides is 2. The number of nitrogen functional groups attached to an aromatic ring is 1. The van der Waals surface area contributed by atoms with E-state index in [1.807, 2.05) is 44.2 Å². The Morgan fingerprint density at radius 2 is 1.77 bits per heavy atom. The number of primary amides is 1. The molecular formula is C26H31N5O4. The summed E-state index contributed by atoms with van der Waals surface area (Å²) in [5.74, 6) is -0.0631. The summed E-state index contributed by atoms with van der Waals surface area (Å²) < 4.78 is 12.8. The zero-order valence-corrected chi connectivity index (χ0v) is 20.2. The van der Waals surface area contributed by atoms with Crippen LogP contribution in [-0.2, 0) is 11.3 Å². The summed E-state index contributed by atoms with van der Waals surface area (Å²) in [6, 6.07) is 14.5. The van der Waals surface area contributed by atoms with E-state index in [0.717, 1.165) is 24.0 Å². The minimum absolute atomic E-state index is 0.0186. The SMILES string of the molecule is COc1ccccc1C(=O)NCc1ccc(-c2nn(C3CC(C)OC(C)C3)c(N)c2C(N)=O)cc1. The Morgan fingerprint density at radius 3 is 2.40 bits per heavy atom. The van der Waals surface area contributed by atoms with E-state index < -0.39 is 5.91 Å². The molecule has 0 aliphatic carbocycles. The van der Waals surface area contributed by atoms with Crippen molar-refractivity contribution in [2.75, 3.05) is 12.8 Å². The second-order valence-electron chi connectivity index (χ2n) is 8.88. The first-order valence-electron chi connectivity index (χ1n) is 11.6. The molecule has 9 heteroatoms. The summed E-state index contributed by atoms with van der Waals surface area (Å²) in [5, 5.41) is 7.61. The minimum atomic E-state index is -0.620. The van der Waals surface area contributed by atoms with Crippen molar-refractivity contribution < 1.29 is 19.1 Å². The van der Waals surface area contributed by atoms with Crippen LogP contribution in [-0.4, -0.2) is 40.9 Å². The molecule has 2 amide bonds. The lowest BCUT2D eigenvalue weighted by Crippen LogP contribution is -2.32. The first kappa shape index (κ1) is 24.3. The van der Waals surface area contributed by atoms with Crippen molar-refractivity contribution in [1.29, 1.82) is 0 Å². The number of methoxy groups -OCH3 is 1. The molecule has 35 heavy (non-hydrogen) atoms. The van der Waals surface area contributed by atoms with Crippen LogP contribution in [0.25, 0.3) is 11.3 Å². The second-order valence-corrected chi connectivity index (χ2v) is 8.88. The fourth-order valence-corrected chi connectivity index (χ4v) is 4.63. The van der Waals surface area contributed by atoms with Crippen molar-refractivity contribution >= 4 is 17.6 Å². The van der Waals surface area contributed by atoms with Crippen LogP contribution in [0.5, 0.6) is 5.75 Å². The van der Waals surface area contributed by atoms with Crippen molar-refractivity contribution in [2.45, 2.75) is 51.5 Å². The molecule has 0 radical (unpaired) electrons. The number of hydrogen-bond acceptors (Lipinski definition) is 6. The minimum Gasteiger partial charge on any atom is -0.496 e. The van der Waals surface area contributed by atoms with Crippen molar-refractivity contribution in [3.05, 3.63) is 65.2 Å². The van der Waals surface area contributed by atoms with E-state index in [1.165, 1.54) is 7.11 Å². The molecule has 1 saturated heterocycles. The lowest BCUT2D eigenvalue weighted by atomic mass is 10.00. The van der Waals surface area contributed by atoms with Crippen molar-refractivity contribution in [2.24, 2.45) is 5.73 Å². The summed E-state index contributed by atoms with van der Waals surface area (Å²) in [7, 11) is 1.53. The van der Waals surface area contributed by atoms with Gasteiger partial charge >= 0.3 is 0 Å². The smallest absolute Gasteiger partial charge is 0.255 e. The highest BCUT2D eigenvalue weighted by molar-refractivity contribution is 6.03. The number of carbonyl (C=O) groups excluding carboxylic acids is 2. The number of ether oxygens (including phenoxy) is 2. The molecule has 3 aromatic rings. The molecule has 0 spiro atoms. The molecular weight excluding hydrogens is 446 g/mol. The third-order valence-corrected chi connectivity index (χ3v) is 6.24. The van der Waals surface area contributed by atoms with Gasteiger partial charge in [-0.25, -0.2) is 4.68 Å². The Morgan fingerprint density at radius 1 is 1.11 bits per heavy atom. The first-order valence-corrected chi connectivity index (χ1v) is 11.6. The zero-order valence-electron chi connectivity index (χ0n) is 20.2. The molecule has 1 aromatic heterocycles. The summed E-state index contributed by atoms with van der Waals surface area (Å²) in [6.45, 7) is 4.36. The monoisotopic (exact) mass is 477 g/mol. The van der Waals surface area contributed by atoms with Gasteiger partial charge in [0.2, 0.25) is 0 Å². The normalized spacial score (nSPS) is 19.8. The lowest BCUT2D eigenvalue weighted by molar-refractivity contribution is -0.0502. The Hall–Kier alpha value is -3.85. The van der Waals surface area contributed by atoms with E-state index in [-0.39, 0.29) is 35.5 Å². The van der Waals surface area contributed by atoms with Gasteiger partial charge in [-0.3, -0.25) is 9.59 Å². The van der Waals surface area contributed by atoms with Crippen molar-refractivity contribution in [1.82, 2.24) is 15.1 Å². The maximum atomic E-state index is 12.6. The molecule has 5 N–H and O–H groups in total. The fraction of sp³-hybridized carbons (Fsp3) is 0.346. The van der Waals surface area contributed by atoms with E-state index >= 15 is 0 Å². The number of nitrogens with two attached hydrogens (primary N) is 2. The van der Waals surface area contributed by atoms with Gasteiger partial charge in [-0.05, 0) is 44.4 Å². The molecule has 0 bridgehead atoms. The number of nitrogens with one attached hydrogen (secondary N) is 1. The van der Waals surface area contributed by atoms with Gasteiger partial charge in [0.05, 0.1) is 30.9 Å². The molecule has 1 aliphatic rings. The number of anilines is 1. The topological polar surface area (TPSA) is 134 Å². The lowest BCUT2D eigenvalue weighted by Gasteiger charge is -2.32. The number of carbonyl (C=O) groups is 2. The Kier molecular flexibility index (Phi) is 7.07. The first-order chi connectivity index (χ1) is 16.8. The quantitative estimate of drug-likeness (QED) is 0.478. The van der Waals surface area contributed by atoms with Gasteiger partial charge < -0.3 is 26.3 Å². The second kappa shape index (κ2) is 10.2. The zero-order chi connectivity index (χ0) is 25.1. The number of benzene rings is 2. The van der Waals surface area contributed by atoms with Crippen molar-refractivity contribution in [3.63, 3.8) is 0 Å². The molecule has 184 valence electrons. The molecule has 2 atom stereocenters. The van der Waals surface area contributed by atoms with Crippen LogP contribution in [0.15, 0.2) is 48.5 Å². The highest BCUT2D eigenvalue weighted by atomic mass is 16.5. The van der Waals surface area contributed by atoms with Gasteiger partial charge in [0.25, 0.3) is 11.8 Å². The summed E-state index contributed by atoms with van der Waals surface area (Å²) in [4.78, 5) is 24.8. The molecule has 2 aromatic carbocycles. The molecule has 2 unspecified atom stereocenters. The van der Waals surface area contributed by atoms with Gasteiger partial charge in [-0.2, -0.15) is 5.10 Å². The standard InChI is InChI=1S/C26H31N5O4/c1-15-12-19(13-16(2)35-15)31-24(27)22(25(28)32)23(30-31)18-10-8-17(9-11-18)14-29-26(33)20-6-4-5-7-21(20)34-3/h4-11,15-16,19H,12-14,27H2,1-3H3,(H2,28,32)(H,29,33). The van der Waals surface area contributed by atoms with Crippen LogP contribution in [0.1, 0.15) is 59.0 Å². The third-order valence-electron chi connectivity index (χ3n) is 6.24. The summed E-state index contributed by atoms with van der Waals surface area (Å²) in [5.41, 5.74) is 14.8.